The fourth-order valence-corrected chi connectivity index (χ4v) is 3.03. The Hall–Kier alpha value is -2.41. The van der Waals surface area contributed by atoms with Crippen molar-refractivity contribution >= 4 is 21.9 Å². The van der Waals surface area contributed by atoms with E-state index in [0.717, 1.165) is 0 Å². The maximum atomic E-state index is 12.2. The lowest BCUT2D eigenvalue weighted by atomic mass is 10.2. The number of carbonyl (C=O) groups excluding carboxylic acids is 2. The standard InChI is InChI=1S/C16H20N2O6S/c1-4-9-17-15(19)11-24-16(20)13-5-7-14(8-6-13)25(21,22)18-12(2)10-23-3/h1,5-8,12,18H,9-11H2,2-3H3,(H,17,19)/t12-/m1/s1. The first-order valence-corrected chi connectivity index (χ1v) is 8.77. The number of hydrogen-bond donors (Lipinski definition) is 2. The summed E-state index contributed by atoms with van der Waals surface area (Å²) in [5, 5.41) is 2.35. The summed E-state index contributed by atoms with van der Waals surface area (Å²) in [4.78, 5) is 23.1. The van der Waals surface area contributed by atoms with Crippen molar-refractivity contribution in [1.82, 2.24) is 10.0 Å². The third-order valence-electron chi connectivity index (χ3n) is 2.90. The summed E-state index contributed by atoms with van der Waals surface area (Å²) >= 11 is 0. The minimum atomic E-state index is -3.73. The lowest BCUT2D eigenvalue weighted by molar-refractivity contribution is -0.123. The van der Waals surface area contributed by atoms with Crippen molar-refractivity contribution in [3.8, 4) is 12.3 Å². The quantitative estimate of drug-likeness (QED) is 0.465. The van der Waals surface area contributed by atoms with Crippen molar-refractivity contribution in [2.24, 2.45) is 0 Å². The van der Waals surface area contributed by atoms with Gasteiger partial charge in [0.05, 0.1) is 23.6 Å². The van der Waals surface area contributed by atoms with Gasteiger partial charge in [0.15, 0.2) is 6.61 Å². The summed E-state index contributed by atoms with van der Waals surface area (Å²) in [7, 11) is -2.25. The van der Waals surface area contributed by atoms with Crippen molar-refractivity contribution in [2.75, 3.05) is 26.9 Å². The fourth-order valence-electron chi connectivity index (χ4n) is 1.80. The molecule has 1 amide bonds. The fraction of sp³-hybridized carbons (Fsp3) is 0.375. The zero-order valence-electron chi connectivity index (χ0n) is 13.9. The average molecular weight is 368 g/mol. The van der Waals surface area contributed by atoms with Crippen molar-refractivity contribution in [3.05, 3.63) is 29.8 Å². The molecule has 0 heterocycles. The molecule has 0 spiro atoms. The van der Waals surface area contributed by atoms with Crippen LogP contribution in [0.3, 0.4) is 0 Å². The van der Waals surface area contributed by atoms with E-state index in [9.17, 15) is 18.0 Å². The van der Waals surface area contributed by atoms with Gasteiger partial charge in [-0.2, -0.15) is 0 Å². The molecule has 0 aromatic heterocycles. The summed E-state index contributed by atoms with van der Waals surface area (Å²) in [5.41, 5.74) is 0.119. The van der Waals surface area contributed by atoms with Crippen LogP contribution in [0, 0.1) is 12.3 Å². The molecule has 1 atom stereocenters. The van der Waals surface area contributed by atoms with Crippen LogP contribution in [-0.2, 0) is 24.3 Å². The first kappa shape index (κ1) is 20.6. The van der Waals surface area contributed by atoms with Gasteiger partial charge in [-0.1, -0.05) is 5.92 Å². The molecule has 0 aliphatic carbocycles. The number of terminal acetylenes is 1. The van der Waals surface area contributed by atoms with Gasteiger partial charge in [-0.25, -0.2) is 17.9 Å². The van der Waals surface area contributed by atoms with Crippen molar-refractivity contribution < 1.29 is 27.5 Å². The maximum Gasteiger partial charge on any atom is 0.338 e. The Morgan fingerprint density at radius 2 is 1.92 bits per heavy atom. The number of rotatable bonds is 9. The van der Waals surface area contributed by atoms with E-state index < -0.39 is 34.5 Å². The Kier molecular flexibility index (Phi) is 8.07. The molecule has 2 N–H and O–H groups in total. The smallest absolute Gasteiger partial charge is 0.338 e. The van der Waals surface area contributed by atoms with Crippen LogP contribution in [0.1, 0.15) is 17.3 Å². The highest BCUT2D eigenvalue weighted by Gasteiger charge is 2.18. The molecule has 0 saturated carbocycles. The first-order valence-electron chi connectivity index (χ1n) is 7.28. The molecule has 25 heavy (non-hydrogen) atoms. The summed E-state index contributed by atoms with van der Waals surface area (Å²) in [6.07, 6.45) is 4.99. The van der Waals surface area contributed by atoms with E-state index >= 15 is 0 Å². The van der Waals surface area contributed by atoms with Crippen molar-refractivity contribution in [2.45, 2.75) is 17.9 Å². The third kappa shape index (κ3) is 6.93. The normalized spacial score (nSPS) is 12.0. The second-order valence-corrected chi connectivity index (χ2v) is 6.77. The third-order valence-corrected chi connectivity index (χ3v) is 4.50. The summed E-state index contributed by atoms with van der Waals surface area (Å²) in [5.74, 6) is 0.941. The monoisotopic (exact) mass is 368 g/mol. The Bertz CT molecular complexity index is 737. The lowest BCUT2D eigenvalue weighted by Gasteiger charge is -2.13. The minimum absolute atomic E-state index is 0.00114. The Labute approximate surface area is 146 Å². The number of esters is 1. The SMILES string of the molecule is C#CCNC(=O)COC(=O)c1ccc(S(=O)(=O)N[C@H](C)COC)cc1. The molecule has 0 aliphatic rings. The molecule has 0 aliphatic heterocycles. The van der Waals surface area contributed by atoms with E-state index in [-0.39, 0.29) is 23.6 Å². The highest BCUT2D eigenvalue weighted by atomic mass is 32.2. The molecule has 8 nitrogen and oxygen atoms in total. The highest BCUT2D eigenvalue weighted by Crippen LogP contribution is 2.12. The van der Waals surface area contributed by atoms with Crippen LogP contribution in [0.15, 0.2) is 29.2 Å². The number of sulfonamides is 1. The number of nitrogens with one attached hydrogen (secondary N) is 2. The molecule has 136 valence electrons. The Morgan fingerprint density at radius 1 is 1.28 bits per heavy atom. The Balaban J connectivity index is 2.67. The Morgan fingerprint density at radius 3 is 2.48 bits per heavy atom. The molecule has 0 fully saturated rings. The second kappa shape index (κ2) is 9.78. The van der Waals surface area contributed by atoms with E-state index in [4.69, 9.17) is 15.9 Å². The van der Waals surface area contributed by atoms with Gasteiger partial charge in [0.1, 0.15) is 0 Å². The second-order valence-electron chi connectivity index (χ2n) is 5.06. The number of amides is 1. The molecule has 0 saturated heterocycles. The first-order chi connectivity index (χ1) is 11.8. The van der Waals surface area contributed by atoms with Crippen molar-refractivity contribution in [1.29, 1.82) is 0 Å². The van der Waals surface area contributed by atoms with Gasteiger partial charge in [0, 0.05) is 13.2 Å². The number of ether oxygens (including phenoxy) is 2. The molecule has 1 aromatic rings. The number of hydrogen-bond acceptors (Lipinski definition) is 6. The van der Waals surface area contributed by atoms with Crippen LogP contribution >= 0.6 is 0 Å². The number of methoxy groups -OCH3 is 1. The maximum absolute atomic E-state index is 12.2. The summed E-state index contributed by atoms with van der Waals surface area (Å²) in [6, 6.07) is 4.75. The molecule has 9 heteroatoms. The predicted molar refractivity (Wildman–Crippen MR) is 90.2 cm³/mol. The van der Waals surface area contributed by atoms with E-state index in [0.29, 0.717) is 0 Å². The summed E-state index contributed by atoms with van der Waals surface area (Å²) in [6.45, 7) is 1.46. The van der Waals surface area contributed by atoms with Gasteiger partial charge in [-0.3, -0.25) is 4.79 Å². The van der Waals surface area contributed by atoms with E-state index in [1.54, 1.807) is 6.92 Å². The predicted octanol–water partition coefficient (Wildman–Crippen LogP) is -0.0940. The molecular formula is C16H20N2O6S. The minimum Gasteiger partial charge on any atom is -0.452 e. The molecular weight excluding hydrogens is 348 g/mol. The van der Waals surface area contributed by atoms with Crippen LogP contribution in [-0.4, -0.2) is 53.2 Å². The highest BCUT2D eigenvalue weighted by molar-refractivity contribution is 7.89. The van der Waals surface area contributed by atoms with Crippen LogP contribution in [0.2, 0.25) is 0 Å². The van der Waals surface area contributed by atoms with Gasteiger partial charge < -0.3 is 14.8 Å². The number of benzene rings is 1. The van der Waals surface area contributed by atoms with Crippen LogP contribution in [0.25, 0.3) is 0 Å². The molecule has 0 radical (unpaired) electrons. The van der Waals surface area contributed by atoms with Gasteiger partial charge in [-0.05, 0) is 31.2 Å². The molecule has 0 bridgehead atoms. The number of carbonyl (C=O) groups is 2. The zero-order chi connectivity index (χ0) is 18.9. The van der Waals surface area contributed by atoms with Crippen LogP contribution < -0.4 is 10.0 Å². The van der Waals surface area contributed by atoms with Crippen LogP contribution in [0.5, 0.6) is 0 Å². The van der Waals surface area contributed by atoms with E-state index in [1.165, 1.54) is 31.4 Å². The van der Waals surface area contributed by atoms with Gasteiger partial charge in [-0.15, -0.1) is 6.42 Å². The lowest BCUT2D eigenvalue weighted by Crippen LogP contribution is -2.35. The largest absolute Gasteiger partial charge is 0.452 e. The van der Waals surface area contributed by atoms with E-state index in [2.05, 4.69) is 16.0 Å². The summed E-state index contributed by atoms with van der Waals surface area (Å²) < 4.78 is 36.5. The van der Waals surface area contributed by atoms with E-state index in [1.807, 2.05) is 0 Å². The molecule has 1 aromatic carbocycles. The average Bonchev–Trinajstić information content (AvgIpc) is 2.57. The van der Waals surface area contributed by atoms with Gasteiger partial charge in [0.25, 0.3) is 5.91 Å². The van der Waals surface area contributed by atoms with Crippen LogP contribution in [0.4, 0.5) is 0 Å². The van der Waals surface area contributed by atoms with Gasteiger partial charge >= 0.3 is 5.97 Å². The molecule has 1 rings (SSSR count). The molecule has 0 unspecified atom stereocenters. The topological polar surface area (TPSA) is 111 Å². The zero-order valence-corrected chi connectivity index (χ0v) is 14.8. The van der Waals surface area contributed by atoms with Crippen molar-refractivity contribution in [3.63, 3.8) is 0 Å². The van der Waals surface area contributed by atoms with Gasteiger partial charge in [0.2, 0.25) is 10.0 Å².